The Hall–Kier alpha value is -4.18. The first-order chi connectivity index (χ1) is 18.4. The first-order valence-electron chi connectivity index (χ1n) is 12.2. The maximum absolute atomic E-state index is 13.7. The summed E-state index contributed by atoms with van der Waals surface area (Å²) < 4.78 is 0.955. The fourth-order valence-electron chi connectivity index (χ4n) is 5.11. The highest BCUT2D eigenvalue weighted by molar-refractivity contribution is 9.10. The van der Waals surface area contributed by atoms with Crippen molar-refractivity contribution in [1.82, 2.24) is 10.0 Å². The molecule has 0 saturated carbocycles. The Morgan fingerprint density at radius 2 is 1.66 bits per heavy atom. The van der Waals surface area contributed by atoms with Gasteiger partial charge in [0.2, 0.25) is 0 Å². The van der Waals surface area contributed by atoms with Crippen LogP contribution in [0.4, 0.5) is 5.69 Å². The minimum atomic E-state index is -0.972. The molecule has 190 valence electrons. The molecule has 6 rings (SSSR count). The zero-order valence-corrected chi connectivity index (χ0v) is 22.0. The van der Waals surface area contributed by atoms with E-state index < -0.39 is 23.9 Å². The summed E-state index contributed by atoms with van der Waals surface area (Å²) in [6.45, 7) is 1.61. The van der Waals surface area contributed by atoms with Crippen molar-refractivity contribution in [1.29, 1.82) is 0 Å². The van der Waals surface area contributed by atoms with Gasteiger partial charge in [-0.2, -0.15) is 10.2 Å². The van der Waals surface area contributed by atoms with Crippen LogP contribution < -0.4 is 4.90 Å². The fourth-order valence-corrected chi connectivity index (χ4v) is 5.37. The number of hydrazone groups is 1. The molecule has 38 heavy (non-hydrogen) atoms. The normalized spacial score (nSPS) is 22.3. The van der Waals surface area contributed by atoms with Crippen molar-refractivity contribution in [2.75, 3.05) is 11.4 Å². The highest BCUT2D eigenvalue weighted by Crippen LogP contribution is 2.36. The van der Waals surface area contributed by atoms with Crippen LogP contribution in [0.5, 0.6) is 0 Å². The van der Waals surface area contributed by atoms with Crippen LogP contribution in [0, 0.1) is 6.92 Å². The summed E-state index contributed by atoms with van der Waals surface area (Å²) in [4.78, 5) is 41.3. The van der Waals surface area contributed by atoms with E-state index in [9.17, 15) is 14.4 Å². The minimum absolute atomic E-state index is 0.230. The Bertz CT molecular complexity index is 1490. The lowest BCUT2D eigenvalue weighted by molar-refractivity contribution is -0.135. The molecule has 3 heterocycles. The molecule has 0 aromatic heterocycles. The maximum atomic E-state index is 13.7. The third-order valence-corrected chi connectivity index (χ3v) is 7.57. The molecule has 1 fully saturated rings. The topological polar surface area (TPSA) is 98.0 Å². The van der Waals surface area contributed by atoms with E-state index in [0.717, 1.165) is 31.8 Å². The quantitative estimate of drug-likeness (QED) is 0.424. The lowest BCUT2D eigenvalue weighted by Crippen LogP contribution is -2.44. The van der Waals surface area contributed by atoms with Crippen LogP contribution in [0.25, 0.3) is 0 Å². The van der Waals surface area contributed by atoms with E-state index >= 15 is 0 Å². The van der Waals surface area contributed by atoms with E-state index in [-0.39, 0.29) is 18.5 Å². The lowest BCUT2D eigenvalue weighted by Gasteiger charge is -2.25. The highest BCUT2D eigenvalue weighted by Gasteiger charge is 2.55. The summed E-state index contributed by atoms with van der Waals surface area (Å²) in [6.07, 6.45) is 0.545. The molecule has 3 aliphatic rings. The molecule has 3 amide bonds. The predicted octanol–water partition coefficient (Wildman–Crippen LogP) is 4.43. The van der Waals surface area contributed by atoms with Gasteiger partial charge in [0.25, 0.3) is 17.7 Å². The summed E-state index contributed by atoms with van der Waals surface area (Å²) in [6, 6.07) is 22.5. The van der Waals surface area contributed by atoms with Crippen molar-refractivity contribution in [3.63, 3.8) is 0 Å². The van der Waals surface area contributed by atoms with Crippen molar-refractivity contribution in [2.45, 2.75) is 31.5 Å². The molecule has 9 nitrogen and oxygen atoms in total. The first-order valence-corrected chi connectivity index (χ1v) is 13.0. The van der Waals surface area contributed by atoms with E-state index in [1.165, 1.54) is 10.0 Å². The van der Waals surface area contributed by atoms with Crippen LogP contribution >= 0.6 is 15.9 Å². The van der Waals surface area contributed by atoms with Gasteiger partial charge >= 0.3 is 0 Å². The number of hydrogen-bond donors (Lipinski definition) is 0. The Kier molecular flexibility index (Phi) is 6.11. The van der Waals surface area contributed by atoms with Gasteiger partial charge < -0.3 is 0 Å². The lowest BCUT2D eigenvalue weighted by atomic mass is 9.98. The molecule has 0 N–H and O–H groups in total. The van der Waals surface area contributed by atoms with Gasteiger partial charge in [0.15, 0.2) is 12.1 Å². The largest absolute Gasteiger partial charge is 0.271 e. The fraction of sp³-hybridized carbons (Fsp3) is 0.214. The second-order valence-electron chi connectivity index (χ2n) is 9.41. The molecule has 0 unspecified atom stereocenters. The van der Waals surface area contributed by atoms with Crippen LogP contribution in [-0.2, 0) is 14.4 Å². The van der Waals surface area contributed by atoms with Crippen molar-refractivity contribution < 1.29 is 14.4 Å². The van der Waals surface area contributed by atoms with Gasteiger partial charge in [0.05, 0.1) is 17.4 Å². The number of benzene rings is 3. The predicted molar refractivity (Wildman–Crippen MR) is 144 cm³/mol. The molecule has 10 heteroatoms. The van der Waals surface area contributed by atoms with E-state index in [1.54, 1.807) is 12.1 Å². The third kappa shape index (κ3) is 4.10. The number of aryl methyl sites for hydroxylation is 1. The zero-order chi connectivity index (χ0) is 26.4. The second-order valence-corrected chi connectivity index (χ2v) is 10.3. The molecule has 0 radical (unpaired) electrons. The van der Waals surface area contributed by atoms with Crippen molar-refractivity contribution in [3.05, 3.63) is 100 Å². The first kappa shape index (κ1) is 24.2. The number of hydrogen-bond acceptors (Lipinski definition) is 7. The monoisotopic (exact) mass is 570 g/mol. The van der Waals surface area contributed by atoms with E-state index in [0.29, 0.717) is 12.1 Å². The zero-order valence-electron chi connectivity index (χ0n) is 20.4. The van der Waals surface area contributed by atoms with Gasteiger partial charge in [0.1, 0.15) is 6.54 Å². The molecule has 0 spiro atoms. The second kappa shape index (κ2) is 9.60. The van der Waals surface area contributed by atoms with Crippen LogP contribution in [0.1, 0.15) is 29.2 Å². The number of anilines is 1. The van der Waals surface area contributed by atoms with Gasteiger partial charge in [-0.1, -0.05) is 81.8 Å². The number of carbonyl (C=O) groups is 3. The van der Waals surface area contributed by atoms with E-state index in [4.69, 9.17) is 5.10 Å². The Morgan fingerprint density at radius 3 is 2.39 bits per heavy atom. The number of amides is 3. The summed E-state index contributed by atoms with van der Waals surface area (Å²) >= 11 is 3.46. The summed E-state index contributed by atoms with van der Waals surface area (Å²) in [5.41, 5.74) is 3.99. The average molecular weight is 571 g/mol. The number of fused-ring (bicyclic) bond motifs is 1. The number of carbonyl (C=O) groups excluding carboxylic acids is 3. The van der Waals surface area contributed by atoms with Gasteiger partial charge in [0, 0.05) is 10.9 Å². The minimum Gasteiger partial charge on any atom is -0.271 e. The van der Waals surface area contributed by atoms with Gasteiger partial charge in [-0.25, -0.2) is 9.91 Å². The molecule has 3 aromatic rings. The number of rotatable bonds is 5. The number of nitrogens with zero attached hydrogens (tertiary/aromatic N) is 6. The highest BCUT2D eigenvalue weighted by atomic mass is 79.9. The summed E-state index contributed by atoms with van der Waals surface area (Å²) in [5, 5.41) is 15.6. The molecule has 3 atom stereocenters. The Balaban J connectivity index is 1.26. The molecule has 1 saturated heterocycles. The van der Waals surface area contributed by atoms with Crippen molar-refractivity contribution in [3.8, 4) is 0 Å². The Labute approximate surface area is 227 Å². The van der Waals surface area contributed by atoms with Crippen LogP contribution in [0.2, 0.25) is 0 Å². The molecule has 3 aliphatic heterocycles. The Morgan fingerprint density at radius 1 is 0.947 bits per heavy atom. The van der Waals surface area contributed by atoms with Crippen molar-refractivity contribution >= 4 is 45.1 Å². The van der Waals surface area contributed by atoms with Crippen LogP contribution in [0.3, 0.4) is 0 Å². The van der Waals surface area contributed by atoms with Crippen LogP contribution in [-0.4, -0.2) is 52.1 Å². The smallest absolute Gasteiger partial charge is 0.264 e. The number of imide groups is 1. The van der Waals surface area contributed by atoms with Crippen LogP contribution in [0.15, 0.2) is 98.8 Å². The standard InChI is InChI=1S/C28H23BrN6O3/c1-17-7-5-6-10-22(17)34-27(37)25-26(28(34)38)33(32-30-25)16-24(36)35-23(19-8-3-2-4-9-19)15-21(31-35)18-11-13-20(29)14-12-18/h2-14,23,25-26H,15-16H2,1H3/t23-,25+,26+/m0/s1. The molecular weight excluding hydrogens is 548 g/mol. The molecule has 0 aliphatic carbocycles. The van der Waals surface area contributed by atoms with E-state index in [1.807, 2.05) is 73.7 Å². The van der Waals surface area contributed by atoms with E-state index in [2.05, 4.69) is 26.3 Å². The third-order valence-electron chi connectivity index (χ3n) is 7.04. The van der Waals surface area contributed by atoms with Gasteiger partial charge in [-0.3, -0.25) is 19.4 Å². The molecule has 3 aromatic carbocycles. The summed E-state index contributed by atoms with van der Waals surface area (Å²) in [7, 11) is 0. The summed E-state index contributed by atoms with van der Waals surface area (Å²) in [5.74, 6) is -1.21. The average Bonchev–Trinajstić information content (AvgIpc) is 3.61. The van der Waals surface area contributed by atoms with Crippen molar-refractivity contribution in [2.24, 2.45) is 15.4 Å². The maximum Gasteiger partial charge on any atom is 0.264 e. The number of halogens is 1. The van der Waals surface area contributed by atoms with Gasteiger partial charge in [-0.05, 0) is 41.8 Å². The SMILES string of the molecule is Cc1ccccc1N1C(=O)[C@@H]2N=NN(CC(=O)N3N=C(c4ccc(Br)cc4)C[C@H]3c3ccccc3)[C@H]2C1=O. The van der Waals surface area contributed by atoms with Gasteiger partial charge in [-0.15, -0.1) is 0 Å². The molecule has 0 bridgehead atoms. The molecular formula is C28H23BrN6O3. The number of para-hydroxylation sites is 1.